The van der Waals surface area contributed by atoms with Crippen LogP contribution < -0.4 is 10.6 Å². The zero-order valence-electron chi connectivity index (χ0n) is 15.9. The highest BCUT2D eigenvalue weighted by Crippen LogP contribution is 2.31. The molecule has 3 atom stereocenters. The van der Waals surface area contributed by atoms with Crippen LogP contribution in [0.5, 0.6) is 0 Å². The fraction of sp³-hybridized carbons (Fsp3) is 0.500. The minimum atomic E-state index is -0.150. The van der Waals surface area contributed by atoms with Crippen LogP contribution in [-0.4, -0.2) is 18.5 Å². The van der Waals surface area contributed by atoms with Gasteiger partial charge in [-0.3, -0.25) is 4.79 Å². The Balaban J connectivity index is 1.73. The number of piperidine rings is 1. The van der Waals surface area contributed by atoms with E-state index >= 15 is 0 Å². The number of carbonyl (C=O) groups is 1. The maximum Gasteiger partial charge on any atom is 0.229 e. The van der Waals surface area contributed by atoms with E-state index in [2.05, 4.69) is 37.5 Å². The molecule has 0 radical (unpaired) electrons. The molecule has 2 aliphatic rings. The van der Waals surface area contributed by atoms with Crippen LogP contribution in [0, 0.1) is 11.8 Å². The molecule has 1 fully saturated rings. The molecule has 140 valence electrons. The topological polar surface area (TPSA) is 41.1 Å². The predicted octanol–water partition coefficient (Wildman–Crippen LogP) is 4.72. The molecule has 3 rings (SSSR count). The Labute approximate surface area is 155 Å². The zero-order valence-corrected chi connectivity index (χ0v) is 15.9. The molecule has 1 saturated heterocycles. The summed E-state index contributed by atoms with van der Waals surface area (Å²) in [6.45, 7) is 7.36. The first-order valence-corrected chi connectivity index (χ1v) is 9.52. The standard InChI is InChI=1S/C22H29FN2O/c1-22(2,3)16-8-5-10-18(14-16)25-21(26)19-11-6-12-24-20(19)15-7-4-9-17(23)13-15/h4-5,7-10,14-15,19-20,24H,6,11-13H2,1-3H3,(H,25,26)/t15-,19?,20?/m1/s1. The normalized spacial score (nSPS) is 26.3. The molecular formula is C22H29FN2O. The molecule has 1 aliphatic carbocycles. The second-order valence-electron chi connectivity index (χ2n) is 8.42. The van der Waals surface area contributed by atoms with E-state index in [0.29, 0.717) is 6.42 Å². The summed E-state index contributed by atoms with van der Waals surface area (Å²) in [4.78, 5) is 13.0. The van der Waals surface area contributed by atoms with Gasteiger partial charge in [0, 0.05) is 18.2 Å². The molecule has 3 nitrogen and oxygen atoms in total. The Morgan fingerprint density at radius 2 is 2.12 bits per heavy atom. The Hall–Kier alpha value is -1.94. The Morgan fingerprint density at radius 1 is 1.31 bits per heavy atom. The molecule has 0 bridgehead atoms. The van der Waals surface area contributed by atoms with E-state index in [1.165, 1.54) is 11.6 Å². The van der Waals surface area contributed by atoms with Crippen molar-refractivity contribution in [2.75, 3.05) is 11.9 Å². The first kappa shape index (κ1) is 18.8. The van der Waals surface area contributed by atoms with E-state index in [1.807, 2.05) is 24.3 Å². The van der Waals surface area contributed by atoms with Crippen LogP contribution in [0.3, 0.4) is 0 Å². The van der Waals surface area contributed by atoms with Gasteiger partial charge in [-0.2, -0.15) is 0 Å². The molecule has 2 unspecified atom stereocenters. The SMILES string of the molecule is CC(C)(C)c1cccc(NC(=O)C2CCCNC2[C@@H]2C=CC=C(F)C2)c1. The highest BCUT2D eigenvalue weighted by atomic mass is 19.1. The van der Waals surface area contributed by atoms with E-state index in [0.717, 1.165) is 25.1 Å². The average Bonchev–Trinajstić information content (AvgIpc) is 2.61. The van der Waals surface area contributed by atoms with Crippen molar-refractivity contribution in [2.24, 2.45) is 11.8 Å². The minimum absolute atomic E-state index is 0.0229. The number of anilines is 1. The van der Waals surface area contributed by atoms with Crippen molar-refractivity contribution in [2.45, 2.75) is 51.5 Å². The van der Waals surface area contributed by atoms with Gasteiger partial charge in [-0.1, -0.05) is 45.1 Å². The second-order valence-corrected chi connectivity index (χ2v) is 8.42. The number of hydrogen-bond donors (Lipinski definition) is 2. The number of nitrogens with one attached hydrogen (secondary N) is 2. The fourth-order valence-corrected chi connectivity index (χ4v) is 3.87. The molecule has 1 aliphatic heterocycles. The van der Waals surface area contributed by atoms with Crippen LogP contribution in [0.4, 0.5) is 10.1 Å². The second kappa shape index (κ2) is 7.75. The van der Waals surface area contributed by atoms with Crippen molar-refractivity contribution in [3.8, 4) is 0 Å². The molecule has 26 heavy (non-hydrogen) atoms. The Bertz CT molecular complexity index is 717. The van der Waals surface area contributed by atoms with Crippen molar-refractivity contribution in [1.29, 1.82) is 0 Å². The van der Waals surface area contributed by atoms with Crippen LogP contribution in [0.2, 0.25) is 0 Å². The number of allylic oxidation sites excluding steroid dienone is 3. The maximum absolute atomic E-state index is 13.7. The van der Waals surface area contributed by atoms with Gasteiger partial charge in [-0.25, -0.2) is 4.39 Å². The quantitative estimate of drug-likeness (QED) is 0.823. The van der Waals surface area contributed by atoms with Gasteiger partial charge in [-0.05, 0) is 54.5 Å². The van der Waals surface area contributed by atoms with Gasteiger partial charge >= 0.3 is 0 Å². The summed E-state index contributed by atoms with van der Waals surface area (Å²) in [5.41, 5.74) is 2.06. The number of benzene rings is 1. The highest BCUT2D eigenvalue weighted by molar-refractivity contribution is 5.93. The number of rotatable bonds is 3. The van der Waals surface area contributed by atoms with E-state index in [4.69, 9.17) is 0 Å². The zero-order chi connectivity index (χ0) is 18.7. The Kier molecular flexibility index (Phi) is 5.61. The number of halogens is 1. The number of carbonyl (C=O) groups excluding carboxylic acids is 1. The third kappa shape index (κ3) is 4.42. The first-order valence-electron chi connectivity index (χ1n) is 9.52. The lowest BCUT2D eigenvalue weighted by Crippen LogP contribution is -2.50. The lowest BCUT2D eigenvalue weighted by atomic mass is 9.79. The summed E-state index contributed by atoms with van der Waals surface area (Å²) in [5.74, 6) is -0.210. The highest BCUT2D eigenvalue weighted by Gasteiger charge is 2.36. The van der Waals surface area contributed by atoms with Gasteiger partial charge in [0.25, 0.3) is 0 Å². The maximum atomic E-state index is 13.7. The van der Waals surface area contributed by atoms with Crippen molar-refractivity contribution in [1.82, 2.24) is 5.32 Å². The van der Waals surface area contributed by atoms with E-state index in [1.54, 1.807) is 6.08 Å². The minimum Gasteiger partial charge on any atom is -0.326 e. The summed E-state index contributed by atoms with van der Waals surface area (Å²) in [5, 5.41) is 6.55. The molecule has 1 aromatic carbocycles. The molecule has 1 heterocycles. The van der Waals surface area contributed by atoms with Gasteiger partial charge in [0.2, 0.25) is 5.91 Å². The van der Waals surface area contributed by atoms with Gasteiger partial charge in [0.15, 0.2) is 0 Å². The van der Waals surface area contributed by atoms with Crippen LogP contribution >= 0.6 is 0 Å². The molecule has 4 heteroatoms. The smallest absolute Gasteiger partial charge is 0.229 e. The van der Waals surface area contributed by atoms with Crippen molar-refractivity contribution >= 4 is 11.6 Å². The molecule has 2 N–H and O–H groups in total. The molecule has 0 spiro atoms. The summed E-state index contributed by atoms with van der Waals surface area (Å²) in [6, 6.07) is 8.03. The monoisotopic (exact) mass is 356 g/mol. The lowest BCUT2D eigenvalue weighted by molar-refractivity contribution is -0.122. The van der Waals surface area contributed by atoms with E-state index in [-0.39, 0.29) is 35.0 Å². The number of hydrogen-bond acceptors (Lipinski definition) is 2. The van der Waals surface area contributed by atoms with Crippen LogP contribution in [0.15, 0.2) is 48.3 Å². The third-order valence-corrected chi connectivity index (χ3v) is 5.37. The van der Waals surface area contributed by atoms with Crippen molar-refractivity contribution in [3.63, 3.8) is 0 Å². The summed E-state index contributed by atoms with van der Waals surface area (Å²) in [7, 11) is 0. The third-order valence-electron chi connectivity index (χ3n) is 5.37. The van der Waals surface area contributed by atoms with Gasteiger partial charge in [0.05, 0.1) is 5.92 Å². The van der Waals surface area contributed by atoms with E-state index in [9.17, 15) is 9.18 Å². The van der Waals surface area contributed by atoms with Crippen molar-refractivity contribution in [3.05, 3.63) is 53.9 Å². The molecule has 0 saturated carbocycles. The molecule has 1 aromatic rings. The Morgan fingerprint density at radius 3 is 2.85 bits per heavy atom. The van der Waals surface area contributed by atoms with Crippen LogP contribution in [-0.2, 0) is 10.2 Å². The molecule has 1 amide bonds. The summed E-state index contributed by atoms with van der Waals surface area (Å²) >= 11 is 0. The van der Waals surface area contributed by atoms with Crippen LogP contribution in [0.25, 0.3) is 0 Å². The van der Waals surface area contributed by atoms with Gasteiger partial charge in [0.1, 0.15) is 5.83 Å². The average molecular weight is 356 g/mol. The number of amides is 1. The fourth-order valence-electron chi connectivity index (χ4n) is 3.87. The van der Waals surface area contributed by atoms with Gasteiger partial charge < -0.3 is 10.6 Å². The lowest BCUT2D eigenvalue weighted by Gasteiger charge is -2.36. The molecule has 0 aromatic heterocycles. The van der Waals surface area contributed by atoms with Gasteiger partial charge in [-0.15, -0.1) is 0 Å². The van der Waals surface area contributed by atoms with E-state index < -0.39 is 0 Å². The summed E-state index contributed by atoms with van der Waals surface area (Å²) < 4.78 is 13.7. The van der Waals surface area contributed by atoms with Crippen LogP contribution in [0.1, 0.15) is 45.6 Å². The summed E-state index contributed by atoms with van der Waals surface area (Å²) in [6.07, 6.45) is 7.46. The predicted molar refractivity (Wildman–Crippen MR) is 105 cm³/mol. The largest absolute Gasteiger partial charge is 0.326 e. The molecular weight excluding hydrogens is 327 g/mol. The first-order chi connectivity index (χ1) is 12.3. The van der Waals surface area contributed by atoms with Crippen molar-refractivity contribution < 1.29 is 9.18 Å².